The van der Waals surface area contributed by atoms with Gasteiger partial charge in [0.15, 0.2) is 0 Å². The third-order valence-electron chi connectivity index (χ3n) is 5.11. The fourth-order valence-corrected chi connectivity index (χ4v) is 4.25. The summed E-state index contributed by atoms with van der Waals surface area (Å²) in [5, 5.41) is 8.00. The number of benzene rings is 3. The third-order valence-corrected chi connectivity index (χ3v) is 5.91. The van der Waals surface area contributed by atoms with Crippen LogP contribution in [-0.2, 0) is 6.54 Å². The zero-order valence-corrected chi connectivity index (χ0v) is 16.7. The van der Waals surface area contributed by atoms with Gasteiger partial charge in [0.25, 0.3) is 11.8 Å². The molecule has 1 aliphatic rings. The maximum Gasteiger partial charge on any atom is 0.271 e. The second-order valence-electron chi connectivity index (χ2n) is 6.98. The molecule has 2 amide bonds. The molecule has 0 fully saturated rings. The van der Waals surface area contributed by atoms with Crippen LogP contribution in [0.1, 0.15) is 31.2 Å². The van der Waals surface area contributed by atoms with Crippen LogP contribution in [0.3, 0.4) is 0 Å². The summed E-state index contributed by atoms with van der Waals surface area (Å²) < 4.78 is 0. The summed E-state index contributed by atoms with van der Waals surface area (Å²) in [5.41, 5.74) is 5.67. The predicted octanol–water partition coefficient (Wildman–Crippen LogP) is 4.83. The van der Waals surface area contributed by atoms with Gasteiger partial charge in [0, 0.05) is 21.4 Å². The van der Waals surface area contributed by atoms with E-state index in [0.29, 0.717) is 12.1 Å². The van der Waals surface area contributed by atoms with E-state index in [4.69, 9.17) is 0 Å². The molecule has 0 bridgehead atoms. The monoisotopic (exact) mass is 411 g/mol. The summed E-state index contributed by atoms with van der Waals surface area (Å²) in [6.07, 6.45) is 1.62. The molecule has 146 valence electrons. The lowest BCUT2D eigenvalue weighted by Crippen LogP contribution is -2.26. The van der Waals surface area contributed by atoms with Crippen molar-refractivity contribution in [2.45, 2.75) is 6.54 Å². The Bertz CT molecular complexity index is 1270. The molecule has 1 N–H and O–H groups in total. The second-order valence-corrected chi connectivity index (χ2v) is 7.96. The highest BCUT2D eigenvalue weighted by molar-refractivity contribution is 7.11. The first-order valence-electron chi connectivity index (χ1n) is 9.50. The highest BCUT2D eigenvalue weighted by Crippen LogP contribution is 2.37. The number of thiophene rings is 1. The normalized spacial score (nSPS) is 12.8. The van der Waals surface area contributed by atoms with E-state index < -0.39 is 0 Å². The second kappa shape index (κ2) is 7.57. The first-order chi connectivity index (χ1) is 14.7. The Morgan fingerprint density at radius 1 is 1.00 bits per heavy atom. The Morgan fingerprint density at radius 3 is 2.57 bits per heavy atom. The lowest BCUT2D eigenvalue weighted by molar-refractivity contribution is 0.0953. The molecular weight excluding hydrogens is 394 g/mol. The highest BCUT2D eigenvalue weighted by Gasteiger charge is 2.29. The summed E-state index contributed by atoms with van der Waals surface area (Å²) in [5.74, 6) is -0.268. The van der Waals surface area contributed by atoms with Crippen LogP contribution in [0, 0.1) is 0 Å². The largest absolute Gasteiger partial charge is 0.303 e. The minimum atomic E-state index is -0.274. The highest BCUT2D eigenvalue weighted by atomic mass is 32.1. The van der Waals surface area contributed by atoms with Gasteiger partial charge < -0.3 is 4.90 Å². The molecular formula is C24H17N3O2S. The third kappa shape index (κ3) is 3.27. The Kier molecular flexibility index (Phi) is 4.61. The quantitative estimate of drug-likeness (QED) is 0.378. The molecule has 0 spiro atoms. The molecule has 0 atom stereocenters. The van der Waals surface area contributed by atoms with E-state index in [1.807, 2.05) is 66.0 Å². The van der Waals surface area contributed by atoms with Crippen molar-refractivity contribution < 1.29 is 9.59 Å². The average molecular weight is 411 g/mol. The van der Waals surface area contributed by atoms with Crippen LogP contribution in [0.5, 0.6) is 0 Å². The number of anilines is 1. The molecule has 5 nitrogen and oxygen atoms in total. The van der Waals surface area contributed by atoms with Gasteiger partial charge in [-0.3, -0.25) is 9.59 Å². The molecule has 2 heterocycles. The smallest absolute Gasteiger partial charge is 0.271 e. The summed E-state index contributed by atoms with van der Waals surface area (Å²) in [6.45, 7) is 0.449. The van der Waals surface area contributed by atoms with Gasteiger partial charge in [0.1, 0.15) is 0 Å². The van der Waals surface area contributed by atoms with E-state index in [-0.39, 0.29) is 11.8 Å². The van der Waals surface area contributed by atoms with E-state index in [1.54, 1.807) is 34.6 Å². The topological polar surface area (TPSA) is 61.8 Å². The van der Waals surface area contributed by atoms with Crippen molar-refractivity contribution in [1.82, 2.24) is 5.43 Å². The average Bonchev–Trinajstić information content (AvgIpc) is 3.38. The zero-order chi connectivity index (χ0) is 20.5. The number of nitrogens with zero attached hydrogens (tertiary/aromatic N) is 2. The molecule has 0 saturated heterocycles. The number of hydrogen-bond acceptors (Lipinski definition) is 4. The fraction of sp³-hybridized carbons (Fsp3) is 0.0417. The number of rotatable bonds is 5. The van der Waals surface area contributed by atoms with Gasteiger partial charge in [-0.2, -0.15) is 5.10 Å². The number of carbonyl (C=O) groups is 2. The van der Waals surface area contributed by atoms with Crippen LogP contribution in [0.4, 0.5) is 5.69 Å². The minimum absolute atomic E-state index is 0.00605. The summed E-state index contributed by atoms with van der Waals surface area (Å²) in [4.78, 5) is 27.9. The van der Waals surface area contributed by atoms with Crippen molar-refractivity contribution >= 4 is 45.8 Å². The molecule has 1 aromatic heterocycles. The molecule has 0 radical (unpaired) electrons. The van der Waals surface area contributed by atoms with Gasteiger partial charge in [0.2, 0.25) is 0 Å². The maximum atomic E-state index is 12.9. The minimum Gasteiger partial charge on any atom is -0.303 e. The fourth-order valence-electron chi connectivity index (χ4n) is 3.66. The van der Waals surface area contributed by atoms with E-state index >= 15 is 0 Å². The van der Waals surface area contributed by atoms with Crippen LogP contribution in [0.2, 0.25) is 0 Å². The first-order valence-corrected chi connectivity index (χ1v) is 10.4. The van der Waals surface area contributed by atoms with Crippen molar-refractivity contribution in [2.75, 3.05) is 4.90 Å². The number of hydrazone groups is 1. The molecule has 0 unspecified atom stereocenters. The van der Waals surface area contributed by atoms with E-state index in [2.05, 4.69) is 10.5 Å². The van der Waals surface area contributed by atoms with Gasteiger partial charge in [0.05, 0.1) is 18.4 Å². The molecule has 5 rings (SSSR count). The molecule has 30 heavy (non-hydrogen) atoms. The van der Waals surface area contributed by atoms with E-state index in [1.165, 1.54) is 0 Å². The van der Waals surface area contributed by atoms with Crippen LogP contribution >= 0.6 is 11.3 Å². The van der Waals surface area contributed by atoms with Gasteiger partial charge in [-0.1, -0.05) is 42.5 Å². The lowest BCUT2D eigenvalue weighted by atomic mass is 10.1. The summed E-state index contributed by atoms with van der Waals surface area (Å²) in [7, 11) is 0. The zero-order valence-electron chi connectivity index (χ0n) is 15.9. The summed E-state index contributed by atoms with van der Waals surface area (Å²) in [6, 6.07) is 22.9. The number of hydrogen-bond donors (Lipinski definition) is 1. The van der Waals surface area contributed by atoms with E-state index in [9.17, 15) is 9.59 Å². The molecule has 3 aromatic carbocycles. The van der Waals surface area contributed by atoms with Crippen LogP contribution in [0.25, 0.3) is 10.8 Å². The lowest BCUT2D eigenvalue weighted by Gasteiger charge is -2.18. The molecule has 6 heteroatoms. The molecule has 4 aromatic rings. The Hall–Kier alpha value is -3.77. The van der Waals surface area contributed by atoms with Gasteiger partial charge in [-0.25, -0.2) is 5.43 Å². The molecule has 1 aliphatic heterocycles. The van der Waals surface area contributed by atoms with Crippen molar-refractivity contribution in [3.05, 3.63) is 99.7 Å². The number of carbonyl (C=O) groups excluding carboxylic acids is 2. The number of nitrogens with one attached hydrogen (secondary N) is 1. The molecule has 0 aliphatic carbocycles. The molecule has 0 saturated carbocycles. The van der Waals surface area contributed by atoms with Gasteiger partial charge in [-0.05, 0) is 46.7 Å². The Balaban J connectivity index is 1.31. The summed E-state index contributed by atoms with van der Waals surface area (Å²) >= 11 is 1.55. The first kappa shape index (κ1) is 18.3. The SMILES string of the molecule is O=C(NN=Cc1cccs1)c1ccc(CN2C(=O)c3cccc4cccc2c34)cc1. The van der Waals surface area contributed by atoms with Crippen LogP contribution < -0.4 is 10.3 Å². The predicted molar refractivity (Wildman–Crippen MR) is 120 cm³/mol. The van der Waals surface area contributed by atoms with Crippen molar-refractivity contribution in [1.29, 1.82) is 0 Å². The van der Waals surface area contributed by atoms with Gasteiger partial charge in [-0.15, -0.1) is 11.3 Å². The standard InChI is InChI=1S/C24H17N3O2S/c28-23(26-25-14-19-6-3-13-30-19)18-11-9-16(10-12-18)15-27-21-8-2-5-17-4-1-7-20(22(17)21)24(27)29/h1-14H,15H2,(H,26,28). The van der Waals surface area contributed by atoms with Crippen molar-refractivity contribution in [2.24, 2.45) is 5.10 Å². The van der Waals surface area contributed by atoms with Crippen LogP contribution in [-0.4, -0.2) is 18.0 Å². The Morgan fingerprint density at radius 2 is 1.80 bits per heavy atom. The maximum absolute atomic E-state index is 12.9. The Labute approximate surface area is 177 Å². The van der Waals surface area contributed by atoms with Crippen molar-refractivity contribution in [3.63, 3.8) is 0 Å². The van der Waals surface area contributed by atoms with Gasteiger partial charge >= 0.3 is 0 Å². The van der Waals surface area contributed by atoms with Crippen LogP contribution in [0.15, 0.2) is 83.3 Å². The number of amides is 2. The van der Waals surface area contributed by atoms with Crippen molar-refractivity contribution in [3.8, 4) is 0 Å². The van der Waals surface area contributed by atoms with E-state index in [0.717, 1.165) is 32.5 Å².